The first-order valence-electron chi connectivity index (χ1n) is 11.6. The molecule has 1 heterocycles. The first-order chi connectivity index (χ1) is 16.6. The normalized spacial score (nSPS) is 13.8. The van der Waals surface area contributed by atoms with Gasteiger partial charge in [-0.2, -0.15) is 4.31 Å². The molecular formula is C26H33N3O5S. The second kappa shape index (κ2) is 11.6. The molecule has 9 heteroatoms. The van der Waals surface area contributed by atoms with Gasteiger partial charge >= 0.3 is 0 Å². The fraction of sp³-hybridized carbons (Fsp3) is 0.385. The van der Waals surface area contributed by atoms with Crippen LogP contribution in [0.2, 0.25) is 0 Å². The van der Waals surface area contributed by atoms with Crippen molar-refractivity contribution in [2.24, 2.45) is 17.6 Å². The standard InChI is InChI=1S/C26H33N3O5S/c1-18(2)15-29(16-25(30)22(14-26(27)31)13-20-7-5-4-6-8-20)35(32,33)23-11-9-21(10-12-23)24-17-34-19(3)28-24/h4-12,17-18,22,25,30H,13-16H2,1-3H3,(H2,27,31). The minimum atomic E-state index is -3.91. The summed E-state index contributed by atoms with van der Waals surface area (Å²) in [5, 5.41) is 11.1. The van der Waals surface area contributed by atoms with Crippen LogP contribution in [0.1, 0.15) is 31.7 Å². The topological polar surface area (TPSA) is 127 Å². The van der Waals surface area contributed by atoms with Crippen LogP contribution in [0.3, 0.4) is 0 Å². The molecule has 0 fully saturated rings. The Morgan fingerprint density at radius 3 is 2.29 bits per heavy atom. The van der Waals surface area contributed by atoms with E-state index in [4.69, 9.17) is 10.2 Å². The molecule has 1 aromatic heterocycles. The number of hydrogen-bond acceptors (Lipinski definition) is 6. The maximum atomic E-state index is 13.5. The van der Waals surface area contributed by atoms with Gasteiger partial charge in [-0.1, -0.05) is 56.3 Å². The van der Waals surface area contributed by atoms with Crippen LogP contribution in [-0.2, 0) is 21.2 Å². The van der Waals surface area contributed by atoms with Crippen molar-refractivity contribution in [3.8, 4) is 11.3 Å². The van der Waals surface area contributed by atoms with E-state index in [2.05, 4.69) is 4.98 Å². The molecule has 3 aromatic rings. The average molecular weight is 500 g/mol. The Balaban J connectivity index is 1.83. The highest BCUT2D eigenvalue weighted by molar-refractivity contribution is 7.89. The number of rotatable bonds is 12. The van der Waals surface area contributed by atoms with Gasteiger partial charge in [-0.05, 0) is 36.0 Å². The number of aryl methyl sites for hydroxylation is 1. The van der Waals surface area contributed by atoms with Gasteiger partial charge in [-0.25, -0.2) is 13.4 Å². The minimum Gasteiger partial charge on any atom is -0.449 e. The molecule has 0 aliphatic rings. The molecule has 0 saturated heterocycles. The number of sulfonamides is 1. The molecule has 2 aromatic carbocycles. The summed E-state index contributed by atoms with van der Waals surface area (Å²) in [5.41, 5.74) is 7.74. The summed E-state index contributed by atoms with van der Waals surface area (Å²) in [6.45, 7) is 5.64. The zero-order valence-corrected chi connectivity index (χ0v) is 21.1. The van der Waals surface area contributed by atoms with Gasteiger partial charge in [-0.3, -0.25) is 4.79 Å². The van der Waals surface area contributed by atoms with Crippen LogP contribution in [0.15, 0.2) is 70.2 Å². The maximum absolute atomic E-state index is 13.5. The summed E-state index contributed by atoms with van der Waals surface area (Å²) >= 11 is 0. The number of benzene rings is 2. The predicted octanol–water partition coefficient (Wildman–Crippen LogP) is 3.39. The van der Waals surface area contributed by atoms with Crippen LogP contribution in [-0.4, -0.2) is 47.9 Å². The van der Waals surface area contributed by atoms with E-state index in [-0.39, 0.29) is 30.3 Å². The van der Waals surface area contributed by atoms with Crippen LogP contribution >= 0.6 is 0 Å². The van der Waals surface area contributed by atoms with Gasteiger partial charge in [0.15, 0.2) is 5.89 Å². The molecule has 2 atom stereocenters. The average Bonchev–Trinajstić information content (AvgIpc) is 3.24. The lowest BCUT2D eigenvalue weighted by Gasteiger charge is -2.30. The van der Waals surface area contributed by atoms with Crippen molar-refractivity contribution >= 4 is 15.9 Å². The predicted molar refractivity (Wildman–Crippen MR) is 134 cm³/mol. The molecule has 0 aliphatic carbocycles. The summed E-state index contributed by atoms with van der Waals surface area (Å²) in [5.74, 6) is -0.507. The monoisotopic (exact) mass is 499 g/mol. The van der Waals surface area contributed by atoms with E-state index in [0.29, 0.717) is 18.0 Å². The molecule has 3 N–H and O–H groups in total. The number of hydrogen-bond donors (Lipinski definition) is 2. The molecule has 0 saturated carbocycles. The van der Waals surface area contributed by atoms with E-state index >= 15 is 0 Å². The largest absolute Gasteiger partial charge is 0.449 e. The Kier molecular flexibility index (Phi) is 8.82. The van der Waals surface area contributed by atoms with Gasteiger partial charge in [0.25, 0.3) is 0 Å². The van der Waals surface area contributed by atoms with Crippen molar-refractivity contribution in [3.05, 3.63) is 72.3 Å². The molecule has 3 rings (SSSR count). The molecule has 0 aliphatic heterocycles. The van der Waals surface area contributed by atoms with E-state index in [1.165, 1.54) is 22.7 Å². The van der Waals surface area contributed by atoms with Gasteiger partial charge in [0, 0.05) is 32.0 Å². The number of aliphatic hydroxyl groups excluding tert-OH is 1. The van der Waals surface area contributed by atoms with Crippen LogP contribution in [0, 0.1) is 18.8 Å². The first-order valence-corrected chi connectivity index (χ1v) is 13.0. The molecule has 2 unspecified atom stereocenters. The van der Waals surface area contributed by atoms with E-state index in [0.717, 1.165) is 11.1 Å². The van der Waals surface area contributed by atoms with Gasteiger partial charge in [0.05, 0.1) is 11.0 Å². The number of oxazole rings is 1. The fourth-order valence-corrected chi connectivity index (χ4v) is 5.62. The van der Waals surface area contributed by atoms with Crippen molar-refractivity contribution in [2.75, 3.05) is 13.1 Å². The zero-order valence-electron chi connectivity index (χ0n) is 20.3. The Hall–Kier alpha value is -3.01. The second-order valence-electron chi connectivity index (χ2n) is 9.18. The highest BCUT2D eigenvalue weighted by Gasteiger charge is 2.31. The molecule has 0 spiro atoms. The Bertz CT molecular complexity index is 1210. The van der Waals surface area contributed by atoms with Crippen molar-refractivity contribution in [3.63, 3.8) is 0 Å². The number of nitrogens with two attached hydrogens (primary N) is 1. The summed E-state index contributed by atoms with van der Waals surface area (Å²) in [6, 6.07) is 15.9. The Labute approximate surface area is 206 Å². The number of carbonyl (C=O) groups excluding carboxylic acids is 1. The quantitative estimate of drug-likeness (QED) is 0.393. The Morgan fingerprint density at radius 2 is 1.74 bits per heavy atom. The van der Waals surface area contributed by atoms with Gasteiger partial charge in [0.1, 0.15) is 12.0 Å². The third kappa shape index (κ3) is 7.24. The van der Waals surface area contributed by atoms with Gasteiger partial charge < -0.3 is 15.3 Å². The van der Waals surface area contributed by atoms with Crippen molar-refractivity contribution in [1.82, 2.24) is 9.29 Å². The minimum absolute atomic E-state index is 0.0260. The molecule has 35 heavy (non-hydrogen) atoms. The SMILES string of the molecule is Cc1nc(-c2ccc(S(=O)(=O)N(CC(C)C)CC(O)C(CC(N)=O)Cc3ccccc3)cc2)co1. The molecule has 8 nitrogen and oxygen atoms in total. The lowest BCUT2D eigenvalue weighted by atomic mass is 9.90. The first kappa shape index (κ1) is 26.6. The number of aliphatic hydroxyl groups is 1. The summed E-state index contributed by atoms with van der Waals surface area (Å²) in [4.78, 5) is 16.1. The summed E-state index contributed by atoms with van der Waals surface area (Å²) in [7, 11) is -3.91. The number of carbonyl (C=O) groups is 1. The second-order valence-corrected chi connectivity index (χ2v) is 11.1. The van der Waals surface area contributed by atoms with Crippen LogP contribution in [0.25, 0.3) is 11.3 Å². The summed E-state index contributed by atoms with van der Waals surface area (Å²) < 4.78 is 33.6. The lowest BCUT2D eigenvalue weighted by Crippen LogP contribution is -2.43. The van der Waals surface area contributed by atoms with E-state index < -0.39 is 28.0 Å². The number of amides is 1. The van der Waals surface area contributed by atoms with Crippen LogP contribution in [0.5, 0.6) is 0 Å². The van der Waals surface area contributed by atoms with Crippen LogP contribution < -0.4 is 5.73 Å². The Morgan fingerprint density at radius 1 is 1.09 bits per heavy atom. The van der Waals surface area contributed by atoms with Crippen molar-refractivity contribution < 1.29 is 22.7 Å². The molecule has 0 radical (unpaired) electrons. The number of aromatic nitrogens is 1. The van der Waals surface area contributed by atoms with E-state index in [9.17, 15) is 18.3 Å². The van der Waals surface area contributed by atoms with Gasteiger partial charge in [0.2, 0.25) is 15.9 Å². The smallest absolute Gasteiger partial charge is 0.243 e. The third-order valence-electron chi connectivity index (χ3n) is 5.71. The van der Waals surface area contributed by atoms with Crippen molar-refractivity contribution in [1.29, 1.82) is 0 Å². The van der Waals surface area contributed by atoms with Crippen LogP contribution in [0.4, 0.5) is 0 Å². The molecule has 1 amide bonds. The zero-order chi connectivity index (χ0) is 25.6. The third-order valence-corrected chi connectivity index (χ3v) is 7.56. The van der Waals surface area contributed by atoms with E-state index in [1.807, 2.05) is 44.2 Å². The lowest BCUT2D eigenvalue weighted by molar-refractivity contribution is -0.119. The number of primary amides is 1. The molecular weight excluding hydrogens is 466 g/mol. The summed E-state index contributed by atoms with van der Waals surface area (Å²) in [6.07, 6.45) is 0.809. The highest BCUT2D eigenvalue weighted by Crippen LogP contribution is 2.25. The van der Waals surface area contributed by atoms with E-state index in [1.54, 1.807) is 19.1 Å². The van der Waals surface area contributed by atoms with Gasteiger partial charge in [-0.15, -0.1) is 0 Å². The maximum Gasteiger partial charge on any atom is 0.243 e. The molecule has 188 valence electrons. The molecule has 0 bridgehead atoms. The highest BCUT2D eigenvalue weighted by atomic mass is 32.2. The van der Waals surface area contributed by atoms with Crippen molar-refractivity contribution in [2.45, 2.75) is 44.6 Å². The fourth-order valence-electron chi connectivity index (χ4n) is 4.00. The number of nitrogens with zero attached hydrogens (tertiary/aromatic N) is 2.